The molecule has 1 amide bonds. The molecular formula is C44H65NO13. The van der Waals surface area contributed by atoms with Crippen molar-refractivity contribution in [1.82, 2.24) is 5.32 Å². The van der Waals surface area contributed by atoms with Gasteiger partial charge in [-0.05, 0) is 44.1 Å². The van der Waals surface area contributed by atoms with Crippen LogP contribution in [0.3, 0.4) is 0 Å². The lowest BCUT2D eigenvalue weighted by molar-refractivity contribution is -0.329. The van der Waals surface area contributed by atoms with E-state index in [2.05, 4.69) is 5.32 Å². The number of aliphatic hydroxyl groups excluding tert-OH is 3. The molecule has 14 nitrogen and oxygen atoms in total. The van der Waals surface area contributed by atoms with Crippen LogP contribution in [-0.4, -0.2) is 94.8 Å². The summed E-state index contributed by atoms with van der Waals surface area (Å²) in [5.74, 6) is -8.55. The average Bonchev–Trinajstić information content (AvgIpc) is 3.48. The van der Waals surface area contributed by atoms with Gasteiger partial charge in [0.15, 0.2) is 11.6 Å². The van der Waals surface area contributed by atoms with E-state index in [-0.39, 0.29) is 54.2 Å². The SMILES string of the molecule is CO/C1=C\C(C)=C\C(C)C(O)C(C)C/C(C)=C\C=C/C(C(C)C(O)C(C)C2(O)CC(OC(=O)/C=C/C(=O)NC3=C(O)CCC3=O)C(C)C(C(C)C)O2)C(OC)OC1=O. The monoisotopic (exact) mass is 815 g/mol. The number of esters is 2. The maximum atomic E-state index is 13.5. The van der Waals surface area contributed by atoms with Crippen LogP contribution in [0.1, 0.15) is 88.0 Å². The zero-order valence-electron chi connectivity index (χ0n) is 35.8. The summed E-state index contributed by atoms with van der Waals surface area (Å²) in [5, 5.41) is 47.5. The van der Waals surface area contributed by atoms with Crippen LogP contribution in [0.2, 0.25) is 0 Å². The first-order chi connectivity index (χ1) is 27.1. The molecule has 0 aromatic rings. The zero-order valence-corrected chi connectivity index (χ0v) is 35.8. The number of amides is 1. The summed E-state index contributed by atoms with van der Waals surface area (Å²) in [4.78, 5) is 50.9. The van der Waals surface area contributed by atoms with E-state index in [0.717, 1.165) is 17.7 Å². The predicted molar refractivity (Wildman–Crippen MR) is 215 cm³/mol. The molecule has 5 N–H and O–H groups in total. The average molecular weight is 816 g/mol. The number of rotatable bonds is 11. The highest BCUT2D eigenvalue weighted by molar-refractivity contribution is 6.04. The number of carbonyl (C=O) groups excluding carboxylic acids is 4. The highest BCUT2D eigenvalue weighted by Gasteiger charge is 2.52. The Hall–Kier alpha value is -4.08. The normalized spacial score (nSPS) is 35.5. The zero-order chi connectivity index (χ0) is 43.6. The predicted octanol–water partition coefficient (Wildman–Crippen LogP) is 5.25. The van der Waals surface area contributed by atoms with E-state index in [4.69, 9.17) is 23.7 Å². The van der Waals surface area contributed by atoms with E-state index in [1.54, 1.807) is 32.9 Å². The minimum absolute atomic E-state index is 0.0748. The fourth-order valence-corrected chi connectivity index (χ4v) is 7.99. The molecule has 3 aliphatic rings. The van der Waals surface area contributed by atoms with Crippen molar-refractivity contribution in [1.29, 1.82) is 0 Å². The number of ether oxygens (including phenoxy) is 5. The molecule has 2 aliphatic heterocycles. The molecule has 3 rings (SSSR count). The number of allylic oxidation sites excluding steroid dienone is 7. The number of carbonyl (C=O) groups is 4. The second-order valence-electron chi connectivity index (χ2n) is 16.6. The molecule has 1 saturated heterocycles. The van der Waals surface area contributed by atoms with Crippen LogP contribution in [0.15, 0.2) is 70.9 Å². The van der Waals surface area contributed by atoms with Crippen LogP contribution < -0.4 is 5.32 Å². The fourth-order valence-electron chi connectivity index (χ4n) is 7.99. The molecule has 324 valence electrons. The Kier molecular flexibility index (Phi) is 17.7. The number of methoxy groups -OCH3 is 2. The first kappa shape index (κ1) is 48.3. The first-order valence-corrected chi connectivity index (χ1v) is 20.1. The lowest BCUT2D eigenvalue weighted by Crippen LogP contribution is -2.59. The number of hydrogen-bond donors (Lipinski definition) is 5. The van der Waals surface area contributed by atoms with Gasteiger partial charge in [-0.15, -0.1) is 0 Å². The van der Waals surface area contributed by atoms with Gasteiger partial charge >= 0.3 is 11.9 Å². The molecular weight excluding hydrogens is 750 g/mol. The van der Waals surface area contributed by atoms with E-state index in [0.29, 0.717) is 12.0 Å². The largest absolute Gasteiger partial charge is 0.510 e. The molecule has 1 aliphatic carbocycles. The van der Waals surface area contributed by atoms with Gasteiger partial charge in [0.2, 0.25) is 18.0 Å². The summed E-state index contributed by atoms with van der Waals surface area (Å²) < 4.78 is 29.1. The van der Waals surface area contributed by atoms with Gasteiger partial charge < -0.3 is 49.4 Å². The Balaban J connectivity index is 1.92. The third-order valence-corrected chi connectivity index (χ3v) is 11.6. The molecule has 12 atom stereocenters. The van der Waals surface area contributed by atoms with Gasteiger partial charge in [0, 0.05) is 62.2 Å². The molecule has 12 unspecified atom stereocenters. The molecule has 2 heterocycles. The molecule has 0 aromatic heterocycles. The number of nitrogens with one attached hydrogen (secondary N) is 1. The summed E-state index contributed by atoms with van der Waals surface area (Å²) in [5.41, 5.74) is 1.48. The summed E-state index contributed by atoms with van der Waals surface area (Å²) in [7, 11) is 2.73. The van der Waals surface area contributed by atoms with Gasteiger partial charge in [0.05, 0.1) is 25.4 Å². The minimum Gasteiger partial charge on any atom is -0.510 e. The van der Waals surface area contributed by atoms with Crippen LogP contribution in [0.25, 0.3) is 0 Å². The molecule has 1 fully saturated rings. The number of cyclic esters (lactones) is 1. The lowest BCUT2D eigenvalue weighted by atomic mass is 9.75. The summed E-state index contributed by atoms with van der Waals surface area (Å²) in [6, 6.07) is 0. The Morgan fingerprint density at radius 2 is 1.72 bits per heavy atom. The maximum Gasteiger partial charge on any atom is 0.375 e. The minimum atomic E-state index is -2.00. The van der Waals surface area contributed by atoms with Gasteiger partial charge in [-0.25, -0.2) is 9.59 Å². The number of hydrogen-bond acceptors (Lipinski definition) is 13. The van der Waals surface area contributed by atoms with E-state index in [1.165, 1.54) is 20.3 Å². The molecule has 0 spiro atoms. The van der Waals surface area contributed by atoms with E-state index < -0.39 is 83.8 Å². The number of Topliss-reactive ketones (excluding diaryl/α,β-unsaturated/α-hetero) is 1. The topological polar surface area (TPSA) is 207 Å². The van der Waals surface area contributed by atoms with Crippen LogP contribution >= 0.6 is 0 Å². The molecule has 58 heavy (non-hydrogen) atoms. The first-order valence-electron chi connectivity index (χ1n) is 20.1. The van der Waals surface area contributed by atoms with E-state index in [1.807, 2.05) is 53.7 Å². The van der Waals surface area contributed by atoms with Gasteiger partial charge in [0.25, 0.3) is 0 Å². The van der Waals surface area contributed by atoms with Crippen LogP contribution in [0.4, 0.5) is 0 Å². The molecule has 0 saturated carbocycles. The van der Waals surface area contributed by atoms with Gasteiger partial charge in [-0.1, -0.05) is 83.9 Å². The highest BCUT2D eigenvalue weighted by Crippen LogP contribution is 2.43. The van der Waals surface area contributed by atoms with Crippen molar-refractivity contribution in [2.75, 3.05) is 14.2 Å². The third-order valence-electron chi connectivity index (χ3n) is 11.6. The van der Waals surface area contributed by atoms with Gasteiger partial charge in [-0.3, -0.25) is 9.59 Å². The van der Waals surface area contributed by atoms with Gasteiger partial charge in [0.1, 0.15) is 17.6 Å². The molecule has 0 bridgehead atoms. The summed E-state index contributed by atoms with van der Waals surface area (Å²) in [6.45, 7) is 16.6. The van der Waals surface area contributed by atoms with Crippen molar-refractivity contribution >= 4 is 23.6 Å². The Bertz CT molecular complexity index is 1670. The Morgan fingerprint density at radius 3 is 2.31 bits per heavy atom. The Labute approximate surface area is 342 Å². The molecule has 14 heteroatoms. The molecule has 0 aromatic carbocycles. The fraction of sp³-hybridized carbons (Fsp3) is 0.636. The summed E-state index contributed by atoms with van der Waals surface area (Å²) in [6.07, 6.45) is 6.57. The maximum absolute atomic E-state index is 13.5. The quantitative estimate of drug-likeness (QED) is 0.134. The van der Waals surface area contributed by atoms with Crippen molar-refractivity contribution < 1.29 is 63.3 Å². The van der Waals surface area contributed by atoms with Crippen LogP contribution in [0.5, 0.6) is 0 Å². The third kappa shape index (κ3) is 12.5. The second-order valence-corrected chi connectivity index (χ2v) is 16.6. The van der Waals surface area contributed by atoms with E-state index in [9.17, 15) is 39.6 Å². The lowest BCUT2D eigenvalue weighted by Gasteiger charge is -2.50. The van der Waals surface area contributed by atoms with E-state index >= 15 is 0 Å². The van der Waals surface area contributed by atoms with Crippen molar-refractivity contribution in [3.05, 3.63) is 70.9 Å². The Morgan fingerprint density at radius 1 is 1.05 bits per heavy atom. The smallest absolute Gasteiger partial charge is 0.375 e. The molecule has 0 radical (unpaired) electrons. The highest BCUT2D eigenvalue weighted by atomic mass is 16.7. The van der Waals surface area contributed by atoms with Crippen LogP contribution in [-0.2, 0) is 42.9 Å². The standard InChI is InChI=1S/C44H65NO13/c1-23(2)41-29(8)35(56-37(49)18-17-36(48)45-38-32(46)15-16-33(38)47)22-44(53,58-41)30(9)40(51)28(7)31-14-12-13-24(3)19-26(5)39(50)27(6)20-25(4)21-34(54-10)42(52)57-43(31)55-11/h12-14,17-18,20-21,23,26-31,35,39-41,43,46,50-51,53H,15-16,19,22H2,1-11H3,(H,45,48)/b14-12-,18-17+,24-13-,25-20+,34-21-. The summed E-state index contributed by atoms with van der Waals surface area (Å²) >= 11 is 0. The van der Waals surface area contributed by atoms with Gasteiger partial charge in [-0.2, -0.15) is 0 Å². The second kappa shape index (κ2) is 21.3. The number of aliphatic hydroxyl groups is 4. The number of ketones is 1. The van der Waals surface area contributed by atoms with Crippen molar-refractivity contribution in [3.8, 4) is 0 Å². The van der Waals surface area contributed by atoms with Crippen LogP contribution in [0, 0.1) is 41.4 Å². The van der Waals surface area contributed by atoms with Crippen molar-refractivity contribution in [3.63, 3.8) is 0 Å². The van der Waals surface area contributed by atoms with Crippen molar-refractivity contribution in [2.45, 2.75) is 124 Å². The van der Waals surface area contributed by atoms with Crippen molar-refractivity contribution in [2.24, 2.45) is 41.4 Å².